The number of aromatic nitrogens is 1. The maximum atomic E-state index is 5.09. The molecule has 0 spiro atoms. The second kappa shape index (κ2) is 2.67. The fraction of sp³-hybridized carbons (Fsp3) is 0.400. The van der Waals surface area contributed by atoms with Crippen LogP contribution < -0.4 is 4.74 Å². The zero-order valence-corrected chi connectivity index (χ0v) is 5.44. The molecule has 0 bridgehead atoms. The van der Waals surface area contributed by atoms with Crippen molar-refractivity contribution in [1.29, 1.82) is 0 Å². The van der Waals surface area contributed by atoms with Gasteiger partial charge in [0.2, 0.25) is 0 Å². The standard InChI is InChI=1S/C5H7NOS/c1-2-7-5-3-6-8-4-5/h3-4H,2H2,1H3. The van der Waals surface area contributed by atoms with E-state index < -0.39 is 0 Å². The first kappa shape index (κ1) is 5.56. The molecule has 0 fully saturated rings. The highest BCUT2D eigenvalue weighted by atomic mass is 32.1. The zero-order valence-electron chi connectivity index (χ0n) is 4.63. The number of hydrogen-bond donors (Lipinski definition) is 0. The van der Waals surface area contributed by atoms with Crippen LogP contribution in [0, 0.1) is 0 Å². The summed E-state index contributed by atoms with van der Waals surface area (Å²) >= 11 is 1.40. The monoisotopic (exact) mass is 129 g/mol. The van der Waals surface area contributed by atoms with Gasteiger partial charge >= 0.3 is 0 Å². The molecule has 8 heavy (non-hydrogen) atoms. The third kappa shape index (κ3) is 1.20. The molecule has 0 saturated heterocycles. The van der Waals surface area contributed by atoms with Crippen LogP contribution in [0.1, 0.15) is 6.92 Å². The molecule has 1 heterocycles. The summed E-state index contributed by atoms with van der Waals surface area (Å²) in [6.45, 7) is 2.68. The number of hydrogen-bond acceptors (Lipinski definition) is 3. The Morgan fingerprint density at radius 2 is 2.75 bits per heavy atom. The average Bonchev–Trinajstić information content (AvgIpc) is 2.19. The Morgan fingerprint density at radius 3 is 3.25 bits per heavy atom. The van der Waals surface area contributed by atoms with Gasteiger partial charge in [-0.1, -0.05) is 0 Å². The van der Waals surface area contributed by atoms with Crippen molar-refractivity contribution >= 4 is 11.5 Å². The molecule has 0 radical (unpaired) electrons. The average molecular weight is 129 g/mol. The van der Waals surface area contributed by atoms with Gasteiger partial charge in [-0.3, -0.25) is 0 Å². The van der Waals surface area contributed by atoms with Crippen molar-refractivity contribution in [2.24, 2.45) is 0 Å². The second-order valence-electron chi connectivity index (χ2n) is 1.29. The molecule has 3 heteroatoms. The summed E-state index contributed by atoms with van der Waals surface area (Å²) in [5.41, 5.74) is 0. The highest BCUT2D eigenvalue weighted by Gasteiger charge is 1.87. The predicted octanol–water partition coefficient (Wildman–Crippen LogP) is 1.54. The van der Waals surface area contributed by atoms with Crippen molar-refractivity contribution in [1.82, 2.24) is 4.37 Å². The minimum atomic E-state index is 0.721. The van der Waals surface area contributed by atoms with Gasteiger partial charge in [0.15, 0.2) is 0 Å². The molecule has 0 atom stereocenters. The van der Waals surface area contributed by atoms with Crippen LogP contribution in [0.15, 0.2) is 11.6 Å². The third-order valence-corrected chi connectivity index (χ3v) is 1.29. The van der Waals surface area contributed by atoms with E-state index in [4.69, 9.17) is 4.74 Å². The normalized spacial score (nSPS) is 9.12. The van der Waals surface area contributed by atoms with Gasteiger partial charge in [0.05, 0.1) is 18.2 Å². The second-order valence-corrected chi connectivity index (χ2v) is 1.95. The van der Waals surface area contributed by atoms with E-state index >= 15 is 0 Å². The topological polar surface area (TPSA) is 22.1 Å². The zero-order chi connectivity index (χ0) is 5.82. The lowest BCUT2D eigenvalue weighted by Crippen LogP contribution is -1.87. The molecule has 1 rings (SSSR count). The Kier molecular flexibility index (Phi) is 1.86. The van der Waals surface area contributed by atoms with Gasteiger partial charge in [-0.25, -0.2) is 0 Å². The van der Waals surface area contributed by atoms with Gasteiger partial charge in [-0.2, -0.15) is 4.37 Å². The van der Waals surface area contributed by atoms with Crippen LogP contribution in [0.25, 0.3) is 0 Å². The third-order valence-electron chi connectivity index (χ3n) is 0.721. The van der Waals surface area contributed by atoms with Gasteiger partial charge in [-0.15, -0.1) is 0 Å². The summed E-state index contributed by atoms with van der Waals surface area (Å²) in [4.78, 5) is 0. The van der Waals surface area contributed by atoms with E-state index in [1.54, 1.807) is 6.20 Å². The largest absolute Gasteiger partial charge is 0.491 e. The summed E-state index contributed by atoms with van der Waals surface area (Å²) in [5.74, 6) is 0.873. The first-order valence-electron chi connectivity index (χ1n) is 2.45. The maximum Gasteiger partial charge on any atom is 0.149 e. The molecule has 0 amide bonds. The molecule has 0 aliphatic heterocycles. The Balaban J connectivity index is 2.50. The molecule has 0 unspecified atom stereocenters. The molecule has 0 aliphatic rings. The maximum absolute atomic E-state index is 5.09. The SMILES string of the molecule is CCOc1cnsc1. The van der Waals surface area contributed by atoms with Crippen LogP contribution in [0.5, 0.6) is 5.75 Å². The molecular formula is C5H7NOS. The fourth-order valence-corrected chi connectivity index (χ4v) is 0.892. The molecule has 44 valence electrons. The van der Waals surface area contributed by atoms with Crippen molar-refractivity contribution in [2.75, 3.05) is 6.61 Å². The lowest BCUT2D eigenvalue weighted by molar-refractivity contribution is 0.341. The van der Waals surface area contributed by atoms with Crippen molar-refractivity contribution in [3.05, 3.63) is 11.6 Å². The number of ether oxygens (including phenoxy) is 1. The smallest absolute Gasteiger partial charge is 0.149 e. The first-order chi connectivity index (χ1) is 3.93. The molecule has 2 nitrogen and oxygen atoms in total. The summed E-state index contributed by atoms with van der Waals surface area (Å²) in [7, 11) is 0. The van der Waals surface area contributed by atoms with Crippen LogP contribution >= 0.6 is 11.5 Å². The summed E-state index contributed by atoms with van der Waals surface area (Å²) in [6.07, 6.45) is 1.72. The summed E-state index contributed by atoms with van der Waals surface area (Å²) < 4.78 is 8.95. The lowest BCUT2D eigenvalue weighted by Gasteiger charge is -1.93. The first-order valence-corrected chi connectivity index (χ1v) is 3.29. The van der Waals surface area contributed by atoms with Crippen molar-refractivity contribution < 1.29 is 4.74 Å². The van der Waals surface area contributed by atoms with Crippen LogP contribution in [-0.2, 0) is 0 Å². The van der Waals surface area contributed by atoms with E-state index in [1.165, 1.54) is 11.5 Å². The summed E-state index contributed by atoms with van der Waals surface area (Å²) in [5, 5.41) is 1.88. The van der Waals surface area contributed by atoms with E-state index in [0.717, 1.165) is 12.4 Å². The van der Waals surface area contributed by atoms with Gasteiger partial charge in [0.25, 0.3) is 0 Å². The van der Waals surface area contributed by atoms with Crippen LogP contribution in [0.3, 0.4) is 0 Å². The molecule has 0 saturated carbocycles. The number of rotatable bonds is 2. The Hall–Kier alpha value is -0.570. The van der Waals surface area contributed by atoms with Gasteiger partial charge in [-0.05, 0) is 18.5 Å². The van der Waals surface area contributed by atoms with Gasteiger partial charge in [0.1, 0.15) is 5.75 Å². The highest BCUT2D eigenvalue weighted by Crippen LogP contribution is 2.10. The highest BCUT2D eigenvalue weighted by molar-refractivity contribution is 7.03. The van der Waals surface area contributed by atoms with E-state index in [1.807, 2.05) is 12.3 Å². The van der Waals surface area contributed by atoms with Gasteiger partial charge in [0, 0.05) is 0 Å². The van der Waals surface area contributed by atoms with Gasteiger partial charge < -0.3 is 4.74 Å². The number of nitrogens with zero attached hydrogens (tertiary/aromatic N) is 1. The lowest BCUT2D eigenvalue weighted by atomic mass is 10.7. The van der Waals surface area contributed by atoms with Crippen molar-refractivity contribution in [3.63, 3.8) is 0 Å². The molecule has 1 aromatic heterocycles. The molecule has 1 aromatic rings. The molecular weight excluding hydrogens is 122 g/mol. The predicted molar refractivity (Wildman–Crippen MR) is 33.3 cm³/mol. The van der Waals surface area contributed by atoms with Crippen molar-refractivity contribution in [3.8, 4) is 5.75 Å². The minimum absolute atomic E-state index is 0.721. The van der Waals surface area contributed by atoms with Crippen LogP contribution in [0.4, 0.5) is 0 Å². The quantitative estimate of drug-likeness (QED) is 0.604. The Morgan fingerprint density at radius 1 is 1.88 bits per heavy atom. The van der Waals surface area contributed by atoms with Crippen LogP contribution in [0.2, 0.25) is 0 Å². The van der Waals surface area contributed by atoms with E-state index in [-0.39, 0.29) is 0 Å². The van der Waals surface area contributed by atoms with Crippen molar-refractivity contribution in [2.45, 2.75) is 6.92 Å². The molecule has 0 aliphatic carbocycles. The Bertz CT molecular complexity index is 138. The van der Waals surface area contributed by atoms with E-state index in [0.29, 0.717) is 0 Å². The Labute approximate surface area is 52.3 Å². The minimum Gasteiger partial charge on any atom is -0.491 e. The molecule has 0 N–H and O–H groups in total. The van der Waals surface area contributed by atoms with E-state index in [9.17, 15) is 0 Å². The fourth-order valence-electron chi connectivity index (χ4n) is 0.433. The summed E-state index contributed by atoms with van der Waals surface area (Å²) in [6, 6.07) is 0. The van der Waals surface area contributed by atoms with E-state index in [2.05, 4.69) is 4.37 Å². The molecule has 0 aromatic carbocycles. The van der Waals surface area contributed by atoms with Crippen LogP contribution in [-0.4, -0.2) is 11.0 Å².